The number of benzene rings is 2. The van der Waals surface area contributed by atoms with Crippen LogP contribution in [0.25, 0.3) is 22.0 Å². The van der Waals surface area contributed by atoms with Crippen LogP contribution in [-0.2, 0) is 0 Å². The first kappa shape index (κ1) is 15.4. The Balaban J connectivity index is 1.74. The van der Waals surface area contributed by atoms with Gasteiger partial charge in [-0.2, -0.15) is 0 Å². The molecule has 0 unspecified atom stereocenters. The van der Waals surface area contributed by atoms with Gasteiger partial charge in [0.1, 0.15) is 16.7 Å². The second-order valence-corrected chi connectivity index (χ2v) is 5.93. The Labute approximate surface area is 148 Å². The van der Waals surface area contributed by atoms with E-state index in [9.17, 15) is 4.79 Å². The zero-order chi connectivity index (χ0) is 17.2. The minimum absolute atomic E-state index is 0.202. The molecule has 0 aliphatic rings. The number of nitrogens with zero attached hydrogens (tertiary/aromatic N) is 1. The molecular weight excluding hydrogens is 336 g/mol. The van der Waals surface area contributed by atoms with E-state index in [1.807, 2.05) is 54.6 Å². The topological polar surface area (TPSA) is 55.0 Å². The average Bonchev–Trinajstić information content (AvgIpc) is 2.62. The highest BCUT2D eigenvalue weighted by atomic mass is 35.5. The van der Waals surface area contributed by atoms with Crippen LogP contribution in [-0.4, -0.2) is 9.97 Å². The Morgan fingerprint density at radius 3 is 2.64 bits per heavy atom. The van der Waals surface area contributed by atoms with E-state index in [0.29, 0.717) is 16.7 Å². The van der Waals surface area contributed by atoms with Crippen LogP contribution >= 0.6 is 11.6 Å². The average molecular weight is 349 g/mol. The molecule has 0 spiro atoms. The lowest BCUT2D eigenvalue weighted by Gasteiger charge is -2.10. The summed E-state index contributed by atoms with van der Waals surface area (Å²) >= 11 is 5.84. The molecule has 2 aromatic carbocycles. The number of fused-ring (bicyclic) bond motifs is 1. The van der Waals surface area contributed by atoms with Gasteiger partial charge in [-0.25, -0.2) is 4.98 Å². The van der Waals surface area contributed by atoms with E-state index in [-0.39, 0.29) is 5.56 Å². The maximum Gasteiger partial charge on any atom is 0.252 e. The predicted molar refractivity (Wildman–Crippen MR) is 99.3 cm³/mol. The minimum Gasteiger partial charge on any atom is -0.456 e. The number of halogens is 1. The first-order chi connectivity index (χ1) is 12.2. The fourth-order valence-electron chi connectivity index (χ4n) is 2.67. The zero-order valence-electron chi connectivity index (χ0n) is 13.1. The van der Waals surface area contributed by atoms with Gasteiger partial charge >= 0.3 is 0 Å². The molecule has 2 heterocycles. The van der Waals surface area contributed by atoms with Crippen molar-refractivity contribution in [2.45, 2.75) is 0 Å². The third-order valence-corrected chi connectivity index (χ3v) is 4.06. The largest absolute Gasteiger partial charge is 0.456 e. The van der Waals surface area contributed by atoms with Gasteiger partial charge in [-0.3, -0.25) is 4.79 Å². The Kier molecular flexibility index (Phi) is 3.96. The van der Waals surface area contributed by atoms with E-state index < -0.39 is 0 Å². The second-order valence-electron chi connectivity index (χ2n) is 5.54. The monoisotopic (exact) mass is 348 g/mol. The molecule has 25 heavy (non-hydrogen) atoms. The molecule has 4 aromatic rings. The number of aromatic amines is 1. The van der Waals surface area contributed by atoms with Crippen molar-refractivity contribution in [2.75, 3.05) is 0 Å². The first-order valence-corrected chi connectivity index (χ1v) is 8.09. The lowest BCUT2D eigenvalue weighted by molar-refractivity contribution is 0.487. The first-order valence-electron chi connectivity index (χ1n) is 7.71. The highest BCUT2D eigenvalue weighted by Crippen LogP contribution is 2.30. The molecule has 0 bridgehead atoms. The molecule has 5 heteroatoms. The molecule has 0 aliphatic carbocycles. The van der Waals surface area contributed by atoms with Crippen molar-refractivity contribution in [3.8, 4) is 22.6 Å². The maximum atomic E-state index is 11.9. The lowest BCUT2D eigenvalue weighted by Crippen LogP contribution is -2.04. The van der Waals surface area contributed by atoms with Gasteiger partial charge in [0.25, 0.3) is 5.56 Å². The Morgan fingerprint density at radius 2 is 1.80 bits per heavy atom. The van der Waals surface area contributed by atoms with Crippen molar-refractivity contribution in [1.29, 1.82) is 0 Å². The van der Waals surface area contributed by atoms with Crippen molar-refractivity contribution in [3.63, 3.8) is 0 Å². The van der Waals surface area contributed by atoms with Crippen LogP contribution in [0.2, 0.25) is 5.15 Å². The summed E-state index contributed by atoms with van der Waals surface area (Å²) in [5.41, 5.74) is 2.43. The van der Waals surface area contributed by atoms with E-state index in [4.69, 9.17) is 16.3 Å². The van der Waals surface area contributed by atoms with E-state index in [1.54, 1.807) is 12.3 Å². The molecule has 0 fully saturated rings. The van der Waals surface area contributed by atoms with Crippen LogP contribution < -0.4 is 10.3 Å². The molecule has 0 saturated heterocycles. The number of H-pyrrole nitrogens is 1. The molecule has 0 radical (unpaired) electrons. The molecule has 4 rings (SSSR count). The van der Waals surface area contributed by atoms with Gasteiger partial charge in [-0.05, 0) is 42.0 Å². The molecule has 0 amide bonds. The van der Waals surface area contributed by atoms with E-state index in [2.05, 4.69) is 9.97 Å². The van der Waals surface area contributed by atoms with Crippen molar-refractivity contribution >= 4 is 22.5 Å². The van der Waals surface area contributed by atoms with E-state index in [1.165, 1.54) is 6.07 Å². The molecule has 122 valence electrons. The number of aromatic nitrogens is 2. The van der Waals surface area contributed by atoms with Crippen molar-refractivity contribution in [2.24, 2.45) is 0 Å². The lowest BCUT2D eigenvalue weighted by atomic mass is 10.1. The number of para-hydroxylation sites is 1. The third kappa shape index (κ3) is 3.25. The number of hydrogen-bond acceptors (Lipinski definition) is 3. The number of ether oxygens (including phenoxy) is 1. The SMILES string of the molecule is O=c1cc(Oc2cccc(-c3ccc(Cl)nc3)c2)c2ccccc2[nH]1. The van der Waals surface area contributed by atoms with Crippen LogP contribution in [0.3, 0.4) is 0 Å². The summed E-state index contributed by atoms with van der Waals surface area (Å²) in [4.78, 5) is 18.8. The summed E-state index contributed by atoms with van der Waals surface area (Å²) in [5.74, 6) is 1.16. The molecule has 1 N–H and O–H groups in total. The quantitative estimate of drug-likeness (QED) is 0.528. The fraction of sp³-hybridized carbons (Fsp3) is 0. The van der Waals surface area contributed by atoms with Gasteiger partial charge in [0.2, 0.25) is 0 Å². The van der Waals surface area contributed by atoms with Crippen LogP contribution in [0.1, 0.15) is 0 Å². The van der Waals surface area contributed by atoms with Gasteiger partial charge in [-0.15, -0.1) is 0 Å². The number of rotatable bonds is 3. The number of nitrogens with one attached hydrogen (secondary N) is 1. The van der Waals surface area contributed by atoms with E-state index >= 15 is 0 Å². The van der Waals surface area contributed by atoms with Crippen molar-refractivity contribution < 1.29 is 4.74 Å². The van der Waals surface area contributed by atoms with E-state index in [0.717, 1.165) is 22.0 Å². The molecule has 4 nitrogen and oxygen atoms in total. The summed E-state index contributed by atoms with van der Waals surface area (Å²) in [7, 11) is 0. The highest BCUT2D eigenvalue weighted by Gasteiger charge is 2.07. The highest BCUT2D eigenvalue weighted by molar-refractivity contribution is 6.29. The molecule has 0 saturated carbocycles. The van der Waals surface area contributed by atoms with Crippen LogP contribution in [0.4, 0.5) is 0 Å². The third-order valence-electron chi connectivity index (χ3n) is 3.84. The molecule has 0 aliphatic heterocycles. The Bertz CT molecular complexity index is 1100. The number of pyridine rings is 2. The molecular formula is C20H13ClN2O2. The van der Waals surface area contributed by atoms with Gasteiger partial charge < -0.3 is 9.72 Å². The van der Waals surface area contributed by atoms with Gasteiger partial charge in [0.05, 0.1) is 5.52 Å². The van der Waals surface area contributed by atoms with Crippen molar-refractivity contribution in [3.05, 3.63) is 88.4 Å². The smallest absolute Gasteiger partial charge is 0.252 e. The van der Waals surface area contributed by atoms with Crippen LogP contribution in [0.15, 0.2) is 77.7 Å². The summed E-state index contributed by atoms with van der Waals surface area (Å²) < 4.78 is 5.99. The Hall–Kier alpha value is -3.11. The van der Waals surface area contributed by atoms with Gasteiger partial charge in [0.15, 0.2) is 0 Å². The zero-order valence-corrected chi connectivity index (χ0v) is 13.8. The van der Waals surface area contributed by atoms with Gasteiger partial charge in [0, 0.05) is 23.2 Å². The van der Waals surface area contributed by atoms with Crippen LogP contribution in [0, 0.1) is 0 Å². The molecule has 0 atom stereocenters. The second kappa shape index (κ2) is 6.42. The predicted octanol–water partition coefficient (Wildman–Crippen LogP) is 5.04. The molecule has 2 aromatic heterocycles. The minimum atomic E-state index is -0.202. The van der Waals surface area contributed by atoms with Gasteiger partial charge in [-0.1, -0.05) is 35.9 Å². The normalized spacial score (nSPS) is 10.8. The summed E-state index contributed by atoms with van der Waals surface area (Å²) in [6.45, 7) is 0. The number of hydrogen-bond donors (Lipinski definition) is 1. The fourth-order valence-corrected chi connectivity index (χ4v) is 2.78. The Morgan fingerprint density at radius 1 is 0.920 bits per heavy atom. The van der Waals surface area contributed by atoms with Crippen LogP contribution in [0.5, 0.6) is 11.5 Å². The summed E-state index contributed by atoms with van der Waals surface area (Å²) in [5, 5.41) is 1.30. The maximum absolute atomic E-state index is 11.9. The standard InChI is InChI=1S/C20H13ClN2O2/c21-19-9-8-14(12-22-19)13-4-3-5-15(10-13)25-18-11-20(24)23-17-7-2-1-6-16(17)18/h1-12H,(H,23,24). The van der Waals surface area contributed by atoms with Crippen molar-refractivity contribution in [1.82, 2.24) is 9.97 Å². The summed E-state index contributed by atoms with van der Waals surface area (Å²) in [6.07, 6.45) is 1.71. The summed E-state index contributed by atoms with van der Waals surface area (Å²) in [6, 6.07) is 20.3.